The van der Waals surface area contributed by atoms with Crippen LogP contribution in [0.2, 0.25) is 0 Å². The highest BCUT2D eigenvalue weighted by Crippen LogP contribution is 2.14. The molecule has 0 saturated carbocycles. The Bertz CT molecular complexity index is 309. The number of benzene rings is 1. The molecule has 0 fully saturated rings. The van der Waals surface area contributed by atoms with E-state index in [4.69, 9.17) is 10.4 Å². The Kier molecular flexibility index (Phi) is 4.33. The Morgan fingerprint density at radius 3 is 3.08 bits per heavy atom. The lowest BCUT2D eigenvalue weighted by Gasteiger charge is -2.01. The van der Waals surface area contributed by atoms with Gasteiger partial charge >= 0.3 is 0 Å². The Morgan fingerprint density at radius 2 is 2.38 bits per heavy atom. The molecule has 0 spiro atoms. The molecule has 0 aliphatic heterocycles. The highest BCUT2D eigenvalue weighted by molar-refractivity contribution is 7.97. The van der Waals surface area contributed by atoms with Gasteiger partial charge < -0.3 is 5.11 Å². The maximum atomic E-state index is 8.61. The normalized spacial score (nSPS) is 9.54. The maximum Gasteiger partial charge on any atom is 0.0992 e. The molecule has 1 aromatic carbocycles. The van der Waals surface area contributed by atoms with Crippen molar-refractivity contribution >= 4 is 11.9 Å². The average Bonchev–Trinajstić information content (AvgIpc) is 2.19. The SMILES string of the molecule is N#Cc1cccc(SNCCO)c1. The molecule has 68 valence electrons. The molecule has 0 aromatic heterocycles. The lowest BCUT2D eigenvalue weighted by molar-refractivity contribution is 0.302. The van der Waals surface area contributed by atoms with Gasteiger partial charge in [0.1, 0.15) is 0 Å². The third kappa shape index (κ3) is 3.47. The van der Waals surface area contributed by atoms with E-state index in [-0.39, 0.29) is 6.61 Å². The first kappa shape index (κ1) is 10.1. The predicted octanol–water partition coefficient (Wildman–Crippen LogP) is 1.15. The van der Waals surface area contributed by atoms with Gasteiger partial charge in [-0.05, 0) is 30.1 Å². The molecule has 0 heterocycles. The molecular weight excluding hydrogens is 184 g/mol. The molecule has 1 rings (SSSR count). The van der Waals surface area contributed by atoms with E-state index in [0.29, 0.717) is 12.1 Å². The summed E-state index contributed by atoms with van der Waals surface area (Å²) in [6, 6.07) is 9.38. The Balaban J connectivity index is 2.52. The Labute approximate surface area is 81.5 Å². The van der Waals surface area contributed by atoms with Crippen LogP contribution in [0.1, 0.15) is 5.56 Å². The molecule has 0 aliphatic rings. The molecule has 0 radical (unpaired) electrons. The van der Waals surface area contributed by atoms with Gasteiger partial charge in [-0.2, -0.15) is 5.26 Å². The number of aliphatic hydroxyl groups is 1. The van der Waals surface area contributed by atoms with Crippen LogP contribution in [0.3, 0.4) is 0 Å². The molecule has 0 atom stereocenters. The van der Waals surface area contributed by atoms with E-state index in [1.807, 2.05) is 12.1 Å². The number of aliphatic hydroxyl groups excluding tert-OH is 1. The molecule has 4 heteroatoms. The molecule has 0 amide bonds. The van der Waals surface area contributed by atoms with Gasteiger partial charge in [0.05, 0.1) is 18.2 Å². The van der Waals surface area contributed by atoms with Gasteiger partial charge in [0.25, 0.3) is 0 Å². The second kappa shape index (κ2) is 5.60. The van der Waals surface area contributed by atoms with Gasteiger partial charge in [-0.15, -0.1) is 0 Å². The standard InChI is InChI=1S/C9H10N2OS/c10-7-8-2-1-3-9(6-8)13-11-4-5-12/h1-3,6,11-12H,4-5H2. The summed E-state index contributed by atoms with van der Waals surface area (Å²) in [5.74, 6) is 0. The highest BCUT2D eigenvalue weighted by atomic mass is 32.2. The highest BCUT2D eigenvalue weighted by Gasteiger charge is 1.94. The lowest BCUT2D eigenvalue weighted by atomic mass is 10.2. The summed E-state index contributed by atoms with van der Waals surface area (Å²) in [4.78, 5) is 0.979. The van der Waals surface area contributed by atoms with Crippen LogP contribution in [0, 0.1) is 11.3 Å². The lowest BCUT2D eigenvalue weighted by Crippen LogP contribution is -2.08. The Morgan fingerprint density at radius 1 is 1.54 bits per heavy atom. The molecule has 0 saturated heterocycles. The van der Waals surface area contributed by atoms with Crippen molar-refractivity contribution in [2.75, 3.05) is 13.2 Å². The van der Waals surface area contributed by atoms with Crippen molar-refractivity contribution in [1.29, 1.82) is 5.26 Å². The number of nitriles is 1. The van der Waals surface area contributed by atoms with Crippen molar-refractivity contribution in [3.05, 3.63) is 29.8 Å². The monoisotopic (exact) mass is 194 g/mol. The van der Waals surface area contributed by atoms with E-state index in [0.717, 1.165) is 4.90 Å². The van der Waals surface area contributed by atoms with Crippen molar-refractivity contribution in [1.82, 2.24) is 4.72 Å². The third-order valence-electron chi connectivity index (χ3n) is 1.37. The van der Waals surface area contributed by atoms with Crippen molar-refractivity contribution in [2.45, 2.75) is 4.90 Å². The second-order valence-corrected chi connectivity index (χ2v) is 3.32. The van der Waals surface area contributed by atoms with Crippen LogP contribution < -0.4 is 4.72 Å². The fourth-order valence-corrected chi connectivity index (χ4v) is 1.50. The van der Waals surface area contributed by atoms with Gasteiger partial charge in [-0.1, -0.05) is 6.07 Å². The summed E-state index contributed by atoms with van der Waals surface area (Å²) in [5.41, 5.74) is 0.649. The average molecular weight is 194 g/mol. The first-order valence-electron chi connectivity index (χ1n) is 3.87. The van der Waals surface area contributed by atoms with E-state index < -0.39 is 0 Å². The van der Waals surface area contributed by atoms with E-state index in [1.54, 1.807) is 12.1 Å². The van der Waals surface area contributed by atoms with Gasteiger partial charge in [0, 0.05) is 11.4 Å². The number of nitrogens with zero attached hydrogens (tertiary/aromatic N) is 1. The molecule has 0 aliphatic carbocycles. The number of hydrogen-bond acceptors (Lipinski definition) is 4. The number of rotatable bonds is 4. The third-order valence-corrected chi connectivity index (χ3v) is 2.21. The molecular formula is C9H10N2OS. The smallest absolute Gasteiger partial charge is 0.0992 e. The van der Waals surface area contributed by atoms with E-state index in [2.05, 4.69) is 10.8 Å². The first-order valence-corrected chi connectivity index (χ1v) is 4.69. The second-order valence-electron chi connectivity index (χ2n) is 2.36. The molecule has 2 N–H and O–H groups in total. The van der Waals surface area contributed by atoms with Crippen LogP contribution in [-0.4, -0.2) is 18.3 Å². The summed E-state index contributed by atoms with van der Waals surface area (Å²) >= 11 is 1.41. The summed E-state index contributed by atoms with van der Waals surface area (Å²) in [6.45, 7) is 0.659. The van der Waals surface area contributed by atoms with E-state index >= 15 is 0 Å². The van der Waals surface area contributed by atoms with Crippen LogP contribution in [0.25, 0.3) is 0 Å². The predicted molar refractivity (Wildman–Crippen MR) is 52.1 cm³/mol. The van der Waals surface area contributed by atoms with Gasteiger partial charge in [0.2, 0.25) is 0 Å². The quantitative estimate of drug-likeness (QED) is 0.557. The number of hydrogen-bond donors (Lipinski definition) is 2. The van der Waals surface area contributed by atoms with Crippen molar-refractivity contribution < 1.29 is 5.11 Å². The van der Waals surface area contributed by atoms with Crippen molar-refractivity contribution in [3.63, 3.8) is 0 Å². The minimum absolute atomic E-state index is 0.116. The zero-order chi connectivity index (χ0) is 9.52. The van der Waals surface area contributed by atoms with Crippen molar-refractivity contribution in [2.24, 2.45) is 0 Å². The fraction of sp³-hybridized carbons (Fsp3) is 0.222. The summed E-state index contributed by atoms with van der Waals surface area (Å²) < 4.78 is 2.96. The minimum Gasteiger partial charge on any atom is -0.395 e. The Hall–Kier alpha value is -1.02. The van der Waals surface area contributed by atoms with Crippen molar-refractivity contribution in [3.8, 4) is 6.07 Å². The van der Waals surface area contributed by atoms with Crippen LogP contribution >= 0.6 is 11.9 Å². The zero-order valence-electron chi connectivity index (χ0n) is 7.03. The maximum absolute atomic E-state index is 8.61. The first-order chi connectivity index (χ1) is 6.36. The van der Waals surface area contributed by atoms with Gasteiger partial charge in [0.15, 0.2) is 0 Å². The topological polar surface area (TPSA) is 56.0 Å². The molecule has 0 bridgehead atoms. The summed E-state index contributed by atoms with van der Waals surface area (Å²) in [7, 11) is 0. The largest absolute Gasteiger partial charge is 0.395 e. The molecule has 3 nitrogen and oxygen atoms in total. The molecule has 0 unspecified atom stereocenters. The van der Waals surface area contributed by atoms with Gasteiger partial charge in [-0.25, -0.2) is 0 Å². The summed E-state index contributed by atoms with van der Waals surface area (Å²) in [5, 5.41) is 17.1. The van der Waals surface area contributed by atoms with Crippen LogP contribution in [0.5, 0.6) is 0 Å². The minimum atomic E-state index is 0.116. The summed E-state index contributed by atoms with van der Waals surface area (Å²) in [6.07, 6.45) is 0. The van der Waals surface area contributed by atoms with Crippen LogP contribution in [0.4, 0.5) is 0 Å². The van der Waals surface area contributed by atoms with Gasteiger partial charge in [-0.3, -0.25) is 4.72 Å². The number of nitrogens with one attached hydrogen (secondary N) is 1. The molecule has 13 heavy (non-hydrogen) atoms. The van der Waals surface area contributed by atoms with Crippen LogP contribution in [-0.2, 0) is 0 Å². The zero-order valence-corrected chi connectivity index (χ0v) is 7.84. The van der Waals surface area contributed by atoms with Crippen LogP contribution in [0.15, 0.2) is 29.2 Å². The van der Waals surface area contributed by atoms with E-state index in [1.165, 1.54) is 11.9 Å². The molecule has 1 aromatic rings. The fourth-order valence-electron chi connectivity index (χ4n) is 0.809. The van der Waals surface area contributed by atoms with E-state index in [9.17, 15) is 0 Å².